The molecule has 1 amide bonds. The lowest BCUT2D eigenvalue weighted by atomic mass is 9.69. The van der Waals surface area contributed by atoms with Crippen LogP contribution in [-0.2, 0) is 4.79 Å². The second kappa shape index (κ2) is 4.53. The lowest BCUT2D eigenvalue weighted by Gasteiger charge is -2.37. The quantitative estimate of drug-likeness (QED) is 0.720. The molecule has 0 bridgehead atoms. The third-order valence-corrected chi connectivity index (χ3v) is 5.33. The van der Waals surface area contributed by atoms with Gasteiger partial charge in [-0.05, 0) is 25.7 Å². The number of thioether (sulfide) groups is 1. The van der Waals surface area contributed by atoms with Gasteiger partial charge in [-0.3, -0.25) is 4.79 Å². The predicted octanol–water partition coefficient (Wildman–Crippen LogP) is 2.42. The van der Waals surface area contributed by atoms with E-state index in [0.717, 1.165) is 44.5 Å². The van der Waals surface area contributed by atoms with Crippen LogP contribution in [0.4, 0.5) is 0 Å². The van der Waals surface area contributed by atoms with Crippen LogP contribution in [0.15, 0.2) is 0 Å². The molecule has 0 aromatic carbocycles. The van der Waals surface area contributed by atoms with E-state index < -0.39 is 5.41 Å². The van der Waals surface area contributed by atoms with Gasteiger partial charge in [0.1, 0.15) is 5.41 Å². The van der Waals surface area contributed by atoms with Crippen LogP contribution in [0.2, 0.25) is 0 Å². The van der Waals surface area contributed by atoms with Crippen LogP contribution in [-0.4, -0.2) is 34.4 Å². The Balaban J connectivity index is 2.03. The molecular formula is C13H20N2OS. The molecule has 1 saturated carbocycles. The minimum Gasteiger partial charge on any atom is -0.340 e. The molecular weight excluding hydrogens is 232 g/mol. The summed E-state index contributed by atoms with van der Waals surface area (Å²) < 4.78 is 0.258. The molecule has 1 saturated heterocycles. The van der Waals surface area contributed by atoms with E-state index in [4.69, 9.17) is 0 Å². The largest absolute Gasteiger partial charge is 0.340 e. The SMILES string of the molecule is CC1(C)CCN(C(=O)C2(C#N)CCC2)CCS1. The number of amides is 1. The van der Waals surface area contributed by atoms with E-state index in [1.807, 2.05) is 16.7 Å². The maximum absolute atomic E-state index is 12.4. The summed E-state index contributed by atoms with van der Waals surface area (Å²) in [5.41, 5.74) is -0.668. The van der Waals surface area contributed by atoms with Gasteiger partial charge < -0.3 is 4.90 Å². The van der Waals surface area contributed by atoms with Crippen LogP contribution in [0.3, 0.4) is 0 Å². The van der Waals surface area contributed by atoms with E-state index >= 15 is 0 Å². The van der Waals surface area contributed by atoms with Crippen molar-refractivity contribution in [1.82, 2.24) is 4.90 Å². The molecule has 1 heterocycles. The summed E-state index contributed by atoms with van der Waals surface area (Å²) in [4.78, 5) is 14.3. The van der Waals surface area contributed by atoms with Crippen molar-refractivity contribution in [1.29, 1.82) is 5.26 Å². The smallest absolute Gasteiger partial charge is 0.243 e. The first-order chi connectivity index (χ1) is 7.99. The Morgan fingerprint density at radius 2 is 2.00 bits per heavy atom. The molecule has 94 valence electrons. The van der Waals surface area contributed by atoms with Gasteiger partial charge in [-0.15, -0.1) is 0 Å². The summed E-state index contributed by atoms with van der Waals surface area (Å²) in [7, 11) is 0. The van der Waals surface area contributed by atoms with Gasteiger partial charge in [-0.2, -0.15) is 17.0 Å². The van der Waals surface area contributed by atoms with Crippen molar-refractivity contribution >= 4 is 17.7 Å². The highest BCUT2D eigenvalue weighted by molar-refractivity contribution is 8.00. The fourth-order valence-corrected chi connectivity index (χ4v) is 3.53. The highest BCUT2D eigenvalue weighted by atomic mass is 32.2. The van der Waals surface area contributed by atoms with Gasteiger partial charge in [0.25, 0.3) is 0 Å². The Morgan fingerprint density at radius 1 is 1.29 bits per heavy atom. The average Bonchev–Trinajstić information content (AvgIpc) is 2.38. The normalized spacial score (nSPS) is 26.5. The van der Waals surface area contributed by atoms with Crippen molar-refractivity contribution < 1.29 is 4.79 Å². The summed E-state index contributed by atoms with van der Waals surface area (Å²) in [6.07, 6.45) is 3.56. The molecule has 0 unspecified atom stereocenters. The number of rotatable bonds is 1. The number of hydrogen-bond acceptors (Lipinski definition) is 3. The van der Waals surface area contributed by atoms with Crippen molar-refractivity contribution in [2.24, 2.45) is 5.41 Å². The van der Waals surface area contributed by atoms with Crippen molar-refractivity contribution in [3.05, 3.63) is 0 Å². The van der Waals surface area contributed by atoms with E-state index in [1.54, 1.807) is 0 Å². The molecule has 0 radical (unpaired) electrons. The molecule has 17 heavy (non-hydrogen) atoms. The third-order valence-electron chi connectivity index (χ3n) is 3.96. The standard InChI is InChI=1S/C13H20N2OS/c1-12(2)6-7-15(8-9-17-12)11(16)13(10-14)4-3-5-13/h3-9H2,1-2H3. The van der Waals surface area contributed by atoms with Crippen molar-refractivity contribution in [3.63, 3.8) is 0 Å². The van der Waals surface area contributed by atoms with Gasteiger partial charge in [-0.25, -0.2) is 0 Å². The van der Waals surface area contributed by atoms with E-state index in [2.05, 4.69) is 19.9 Å². The van der Waals surface area contributed by atoms with Crippen LogP contribution in [0.1, 0.15) is 39.5 Å². The van der Waals surface area contributed by atoms with Crippen molar-refractivity contribution in [2.45, 2.75) is 44.3 Å². The second-order valence-electron chi connectivity index (χ2n) is 5.70. The topological polar surface area (TPSA) is 44.1 Å². The maximum atomic E-state index is 12.4. The van der Waals surface area contributed by atoms with Gasteiger partial charge >= 0.3 is 0 Å². The second-order valence-corrected chi connectivity index (χ2v) is 7.50. The minimum absolute atomic E-state index is 0.0875. The Bertz CT molecular complexity index is 355. The highest BCUT2D eigenvalue weighted by Gasteiger charge is 2.47. The summed E-state index contributed by atoms with van der Waals surface area (Å²) in [5, 5.41) is 9.21. The van der Waals surface area contributed by atoms with Crippen LogP contribution in [0, 0.1) is 16.7 Å². The molecule has 1 aliphatic heterocycles. The fraction of sp³-hybridized carbons (Fsp3) is 0.846. The first-order valence-corrected chi connectivity index (χ1v) is 7.32. The zero-order valence-corrected chi connectivity index (χ0v) is 11.5. The molecule has 4 heteroatoms. The molecule has 1 aliphatic carbocycles. The Morgan fingerprint density at radius 3 is 2.53 bits per heavy atom. The monoisotopic (exact) mass is 252 g/mol. The van der Waals surface area contributed by atoms with Gasteiger partial charge in [0.2, 0.25) is 5.91 Å². The summed E-state index contributed by atoms with van der Waals surface area (Å²) >= 11 is 1.93. The van der Waals surface area contributed by atoms with E-state index in [-0.39, 0.29) is 10.7 Å². The minimum atomic E-state index is -0.668. The van der Waals surface area contributed by atoms with E-state index in [0.29, 0.717) is 0 Å². The summed E-state index contributed by atoms with van der Waals surface area (Å²) in [5.74, 6) is 1.07. The number of nitriles is 1. The Kier molecular flexibility index (Phi) is 3.40. The molecule has 0 N–H and O–H groups in total. The molecule has 2 fully saturated rings. The van der Waals surface area contributed by atoms with Crippen LogP contribution in [0.5, 0.6) is 0 Å². The van der Waals surface area contributed by atoms with Crippen LogP contribution >= 0.6 is 11.8 Å². The molecule has 2 rings (SSSR count). The average molecular weight is 252 g/mol. The van der Waals surface area contributed by atoms with E-state index in [1.165, 1.54) is 0 Å². The van der Waals surface area contributed by atoms with Gasteiger partial charge in [-0.1, -0.05) is 13.8 Å². The fourth-order valence-electron chi connectivity index (χ4n) is 2.43. The summed E-state index contributed by atoms with van der Waals surface area (Å²) in [6.45, 7) is 6.07. The Labute approximate surface area is 108 Å². The van der Waals surface area contributed by atoms with Crippen molar-refractivity contribution in [3.8, 4) is 6.07 Å². The molecule has 0 aromatic rings. The van der Waals surface area contributed by atoms with Crippen molar-refractivity contribution in [2.75, 3.05) is 18.8 Å². The zero-order chi connectivity index (χ0) is 12.5. The Hall–Kier alpha value is -0.690. The lowest BCUT2D eigenvalue weighted by Crippen LogP contribution is -2.48. The van der Waals surface area contributed by atoms with Gasteiger partial charge in [0.05, 0.1) is 6.07 Å². The first-order valence-electron chi connectivity index (χ1n) is 6.34. The predicted molar refractivity (Wildman–Crippen MR) is 69.6 cm³/mol. The van der Waals surface area contributed by atoms with Crippen LogP contribution < -0.4 is 0 Å². The highest BCUT2D eigenvalue weighted by Crippen LogP contribution is 2.42. The van der Waals surface area contributed by atoms with Gasteiger partial charge in [0.15, 0.2) is 0 Å². The molecule has 0 aromatic heterocycles. The molecule has 2 aliphatic rings. The number of carbonyl (C=O) groups excluding carboxylic acids is 1. The third kappa shape index (κ3) is 2.44. The van der Waals surface area contributed by atoms with E-state index in [9.17, 15) is 10.1 Å². The number of carbonyl (C=O) groups is 1. The zero-order valence-electron chi connectivity index (χ0n) is 10.7. The van der Waals surface area contributed by atoms with Crippen LogP contribution in [0.25, 0.3) is 0 Å². The molecule has 3 nitrogen and oxygen atoms in total. The maximum Gasteiger partial charge on any atom is 0.243 e. The lowest BCUT2D eigenvalue weighted by molar-refractivity contribution is -0.142. The summed E-state index contributed by atoms with van der Waals surface area (Å²) in [6, 6.07) is 2.26. The van der Waals surface area contributed by atoms with Gasteiger partial charge in [0, 0.05) is 23.6 Å². The number of nitrogens with zero attached hydrogens (tertiary/aromatic N) is 2. The number of hydrogen-bond donors (Lipinski definition) is 0. The molecule has 0 atom stereocenters. The first kappa shape index (κ1) is 12.8. The molecule has 0 spiro atoms.